The molecule has 2 fully saturated rings. The first-order valence-corrected chi connectivity index (χ1v) is 9.25. The number of carboxylic acid groups (broad SMARTS) is 1. The first-order valence-electron chi connectivity index (χ1n) is 9.25. The number of carboxylic acids is 1. The van der Waals surface area contributed by atoms with E-state index in [0.29, 0.717) is 12.2 Å². The van der Waals surface area contributed by atoms with E-state index in [1.54, 1.807) is 17.2 Å². The first kappa shape index (κ1) is 16.8. The number of rotatable bonds is 4. The molecule has 1 saturated heterocycles. The Morgan fingerprint density at radius 2 is 1.77 bits per heavy atom. The molecule has 2 heterocycles. The van der Waals surface area contributed by atoms with Gasteiger partial charge in [0.25, 0.3) is 5.91 Å². The third kappa shape index (κ3) is 3.00. The molecule has 6 nitrogen and oxygen atoms in total. The van der Waals surface area contributed by atoms with Crippen LogP contribution in [-0.2, 0) is 4.79 Å². The lowest BCUT2D eigenvalue weighted by Gasteiger charge is -2.19. The molecule has 1 amide bonds. The van der Waals surface area contributed by atoms with E-state index in [9.17, 15) is 14.7 Å². The molecule has 6 heteroatoms. The fourth-order valence-corrected chi connectivity index (χ4v) is 4.34. The molecule has 26 heavy (non-hydrogen) atoms. The molecule has 2 atom stereocenters. The lowest BCUT2D eigenvalue weighted by molar-refractivity contribution is -0.141. The summed E-state index contributed by atoms with van der Waals surface area (Å²) < 4.78 is 1.85. The van der Waals surface area contributed by atoms with E-state index in [4.69, 9.17) is 0 Å². The Morgan fingerprint density at radius 3 is 2.46 bits per heavy atom. The van der Waals surface area contributed by atoms with Crippen molar-refractivity contribution in [2.75, 3.05) is 13.1 Å². The summed E-state index contributed by atoms with van der Waals surface area (Å²) in [5, 5.41) is 14.0. The second kappa shape index (κ2) is 6.94. The Morgan fingerprint density at radius 1 is 1.04 bits per heavy atom. The standard InChI is InChI=1S/C20H23N3O3/c24-19(18-10-11-21-23(18)15-8-4-5-9-15)22-12-16(17(13-22)20(25)26)14-6-2-1-3-7-14/h1-3,6-7,10-11,15-17H,4-5,8-9,12-13H2,(H,25,26)/t16-,17-/m1/s1. The van der Waals surface area contributed by atoms with Crippen molar-refractivity contribution in [1.29, 1.82) is 0 Å². The normalized spacial score (nSPS) is 23.5. The van der Waals surface area contributed by atoms with Gasteiger partial charge in [-0.1, -0.05) is 43.2 Å². The number of aromatic nitrogens is 2. The number of hydrogen-bond donors (Lipinski definition) is 1. The highest BCUT2D eigenvalue weighted by Gasteiger charge is 2.41. The molecule has 0 spiro atoms. The summed E-state index contributed by atoms with van der Waals surface area (Å²) in [5.41, 5.74) is 1.55. The minimum atomic E-state index is -0.849. The molecular formula is C20H23N3O3. The van der Waals surface area contributed by atoms with E-state index in [-0.39, 0.29) is 24.4 Å². The smallest absolute Gasteiger partial charge is 0.308 e. The Balaban J connectivity index is 1.58. The fourth-order valence-electron chi connectivity index (χ4n) is 4.34. The Labute approximate surface area is 152 Å². The summed E-state index contributed by atoms with van der Waals surface area (Å²) in [6.07, 6.45) is 6.10. The SMILES string of the molecule is O=C(O)[C@@H]1CN(C(=O)c2ccnn2C2CCCC2)C[C@@H]1c1ccccc1. The van der Waals surface area contributed by atoms with Crippen LogP contribution in [0.1, 0.15) is 53.7 Å². The van der Waals surface area contributed by atoms with Gasteiger partial charge in [-0.3, -0.25) is 14.3 Å². The number of benzene rings is 1. The van der Waals surface area contributed by atoms with Crippen LogP contribution < -0.4 is 0 Å². The number of carbonyl (C=O) groups is 2. The summed E-state index contributed by atoms with van der Waals surface area (Å²) in [6, 6.07) is 11.7. The molecular weight excluding hydrogens is 330 g/mol. The minimum Gasteiger partial charge on any atom is -0.481 e. The molecule has 1 aliphatic carbocycles. The van der Waals surface area contributed by atoms with Crippen molar-refractivity contribution < 1.29 is 14.7 Å². The van der Waals surface area contributed by atoms with Gasteiger partial charge in [-0.25, -0.2) is 0 Å². The van der Waals surface area contributed by atoms with Crippen LogP contribution in [0.3, 0.4) is 0 Å². The molecule has 0 unspecified atom stereocenters. The van der Waals surface area contributed by atoms with E-state index in [1.165, 1.54) is 12.8 Å². The Kier molecular flexibility index (Phi) is 4.49. The second-order valence-corrected chi connectivity index (χ2v) is 7.27. The lowest BCUT2D eigenvalue weighted by atomic mass is 9.89. The van der Waals surface area contributed by atoms with Gasteiger partial charge in [0.15, 0.2) is 0 Å². The van der Waals surface area contributed by atoms with Gasteiger partial charge in [0.05, 0.1) is 12.0 Å². The van der Waals surface area contributed by atoms with Crippen LogP contribution in [0.25, 0.3) is 0 Å². The van der Waals surface area contributed by atoms with Crippen molar-refractivity contribution in [3.05, 3.63) is 53.9 Å². The number of amides is 1. The average molecular weight is 353 g/mol. The largest absolute Gasteiger partial charge is 0.481 e. The molecule has 2 aliphatic rings. The number of aliphatic carboxylic acids is 1. The van der Waals surface area contributed by atoms with Crippen LogP contribution in [0.4, 0.5) is 0 Å². The van der Waals surface area contributed by atoms with E-state index in [0.717, 1.165) is 18.4 Å². The maximum absolute atomic E-state index is 13.1. The Hall–Kier alpha value is -2.63. The zero-order valence-electron chi connectivity index (χ0n) is 14.6. The van der Waals surface area contributed by atoms with E-state index < -0.39 is 11.9 Å². The van der Waals surface area contributed by atoms with Crippen molar-refractivity contribution in [1.82, 2.24) is 14.7 Å². The van der Waals surface area contributed by atoms with Crippen molar-refractivity contribution in [3.8, 4) is 0 Å². The van der Waals surface area contributed by atoms with Gasteiger partial charge in [-0.15, -0.1) is 0 Å². The number of likely N-dealkylation sites (tertiary alicyclic amines) is 1. The number of carbonyl (C=O) groups excluding carboxylic acids is 1. The van der Waals surface area contributed by atoms with Gasteiger partial charge in [0.2, 0.25) is 0 Å². The fraction of sp³-hybridized carbons (Fsp3) is 0.450. The molecule has 2 aromatic rings. The van der Waals surface area contributed by atoms with Crippen LogP contribution in [0.15, 0.2) is 42.6 Å². The van der Waals surface area contributed by atoms with Gasteiger partial charge in [-0.2, -0.15) is 5.10 Å². The summed E-state index contributed by atoms with van der Waals surface area (Å²) >= 11 is 0. The minimum absolute atomic E-state index is 0.112. The zero-order valence-corrected chi connectivity index (χ0v) is 14.6. The third-order valence-electron chi connectivity index (χ3n) is 5.71. The van der Waals surface area contributed by atoms with Gasteiger partial charge >= 0.3 is 5.97 Å². The maximum Gasteiger partial charge on any atom is 0.308 e. The highest BCUT2D eigenvalue weighted by atomic mass is 16.4. The van der Waals surface area contributed by atoms with E-state index >= 15 is 0 Å². The van der Waals surface area contributed by atoms with Crippen LogP contribution in [0.2, 0.25) is 0 Å². The zero-order chi connectivity index (χ0) is 18.1. The van der Waals surface area contributed by atoms with Crippen LogP contribution in [-0.4, -0.2) is 44.8 Å². The number of hydrogen-bond acceptors (Lipinski definition) is 3. The molecule has 1 saturated carbocycles. The molecule has 4 rings (SSSR count). The summed E-state index contributed by atoms with van der Waals surface area (Å²) in [6.45, 7) is 0.666. The van der Waals surface area contributed by atoms with Crippen LogP contribution in [0.5, 0.6) is 0 Å². The Bertz CT molecular complexity index is 796. The highest BCUT2D eigenvalue weighted by molar-refractivity contribution is 5.93. The van der Waals surface area contributed by atoms with Crippen LogP contribution >= 0.6 is 0 Å². The monoisotopic (exact) mass is 353 g/mol. The summed E-state index contributed by atoms with van der Waals surface area (Å²) in [5.74, 6) is -1.72. The van der Waals surface area contributed by atoms with Crippen molar-refractivity contribution in [2.24, 2.45) is 5.92 Å². The van der Waals surface area contributed by atoms with Crippen LogP contribution in [0, 0.1) is 5.92 Å². The molecule has 0 radical (unpaired) electrons. The third-order valence-corrected chi connectivity index (χ3v) is 5.71. The van der Waals surface area contributed by atoms with E-state index in [2.05, 4.69) is 5.10 Å². The number of nitrogens with zero attached hydrogens (tertiary/aromatic N) is 3. The van der Waals surface area contributed by atoms with Gasteiger partial charge in [0, 0.05) is 25.2 Å². The van der Waals surface area contributed by atoms with Crippen molar-refractivity contribution >= 4 is 11.9 Å². The first-order chi connectivity index (χ1) is 12.6. The lowest BCUT2D eigenvalue weighted by Crippen LogP contribution is -2.32. The molecule has 0 bridgehead atoms. The highest BCUT2D eigenvalue weighted by Crippen LogP contribution is 2.35. The van der Waals surface area contributed by atoms with Crippen molar-refractivity contribution in [2.45, 2.75) is 37.6 Å². The van der Waals surface area contributed by atoms with Gasteiger partial charge < -0.3 is 10.0 Å². The molecule has 136 valence electrons. The molecule has 1 aliphatic heterocycles. The predicted octanol–water partition coefficient (Wildman–Crippen LogP) is 2.94. The van der Waals surface area contributed by atoms with Crippen molar-refractivity contribution in [3.63, 3.8) is 0 Å². The average Bonchev–Trinajstić information content (AvgIpc) is 3.41. The molecule has 1 N–H and O–H groups in total. The van der Waals surface area contributed by atoms with Gasteiger partial charge in [-0.05, 0) is 24.5 Å². The summed E-state index contributed by atoms with van der Waals surface area (Å²) in [4.78, 5) is 26.5. The van der Waals surface area contributed by atoms with Gasteiger partial charge in [0.1, 0.15) is 5.69 Å². The second-order valence-electron chi connectivity index (χ2n) is 7.27. The molecule has 1 aromatic heterocycles. The predicted molar refractivity (Wildman–Crippen MR) is 95.9 cm³/mol. The maximum atomic E-state index is 13.1. The topological polar surface area (TPSA) is 75.4 Å². The quantitative estimate of drug-likeness (QED) is 0.917. The summed E-state index contributed by atoms with van der Waals surface area (Å²) in [7, 11) is 0. The molecule has 1 aromatic carbocycles. The van der Waals surface area contributed by atoms with E-state index in [1.807, 2.05) is 35.0 Å².